The number of benzene rings is 1. The molecule has 0 fully saturated rings. The zero-order valence-corrected chi connectivity index (χ0v) is 10.2. The Morgan fingerprint density at radius 2 is 2.18 bits per heavy atom. The maximum atomic E-state index is 5.95. The summed E-state index contributed by atoms with van der Waals surface area (Å²) in [6, 6.07) is 6.16. The maximum Gasteiger partial charge on any atom is 0.0427 e. The van der Waals surface area contributed by atoms with Crippen molar-refractivity contribution in [2.45, 2.75) is 19.9 Å². The fourth-order valence-electron chi connectivity index (χ4n) is 1.80. The van der Waals surface area contributed by atoms with Crippen LogP contribution in [0.4, 0.5) is 11.4 Å². The zero-order valence-electron chi connectivity index (χ0n) is 10.2. The van der Waals surface area contributed by atoms with Crippen LogP contribution < -0.4 is 11.1 Å². The van der Waals surface area contributed by atoms with Crippen LogP contribution >= 0.6 is 0 Å². The Kier molecular flexibility index (Phi) is 3.00. The third-order valence-corrected chi connectivity index (χ3v) is 2.81. The lowest BCUT2D eigenvalue weighted by Gasteiger charge is -2.14. The van der Waals surface area contributed by atoms with Crippen molar-refractivity contribution in [2.75, 3.05) is 11.1 Å². The molecule has 3 nitrogen and oxygen atoms in total. The van der Waals surface area contributed by atoms with E-state index in [-0.39, 0.29) is 6.04 Å². The lowest BCUT2D eigenvalue weighted by atomic mass is 10.1. The van der Waals surface area contributed by atoms with E-state index < -0.39 is 0 Å². The van der Waals surface area contributed by atoms with Gasteiger partial charge in [0.1, 0.15) is 0 Å². The largest absolute Gasteiger partial charge is 0.398 e. The summed E-state index contributed by atoms with van der Waals surface area (Å²) >= 11 is 0. The molecule has 0 spiro atoms. The van der Waals surface area contributed by atoms with E-state index in [4.69, 9.17) is 5.73 Å². The van der Waals surface area contributed by atoms with Gasteiger partial charge in [-0.05, 0) is 32.0 Å². The fourth-order valence-corrected chi connectivity index (χ4v) is 1.80. The molecule has 0 radical (unpaired) electrons. The van der Waals surface area contributed by atoms with Crippen molar-refractivity contribution in [3.05, 3.63) is 42.7 Å². The highest BCUT2D eigenvalue weighted by Gasteiger charge is 2.06. The summed E-state index contributed by atoms with van der Waals surface area (Å²) < 4.78 is 0. The highest BCUT2D eigenvalue weighted by Crippen LogP contribution is 2.28. The Bertz CT molecular complexity index is 561. The first-order chi connectivity index (χ1) is 8.11. The summed E-state index contributed by atoms with van der Waals surface area (Å²) in [4.78, 5) is 4.28. The molecule has 1 unspecified atom stereocenters. The van der Waals surface area contributed by atoms with Crippen molar-refractivity contribution in [3.8, 4) is 0 Å². The number of aromatic nitrogens is 1. The normalized spacial score (nSPS) is 12.4. The molecule has 2 aromatic rings. The van der Waals surface area contributed by atoms with E-state index in [1.165, 1.54) is 0 Å². The van der Waals surface area contributed by atoms with Crippen LogP contribution in [0.25, 0.3) is 10.8 Å². The molecular formula is C14H17N3. The maximum absolute atomic E-state index is 5.95. The molecule has 1 aromatic carbocycles. The Balaban J connectivity index is 2.59. The van der Waals surface area contributed by atoms with Gasteiger partial charge in [0, 0.05) is 40.1 Å². The molecule has 0 aliphatic carbocycles. The summed E-state index contributed by atoms with van der Waals surface area (Å²) in [6.07, 6.45) is 3.69. The second kappa shape index (κ2) is 4.45. The number of aryl methyl sites for hydroxylation is 1. The van der Waals surface area contributed by atoms with Gasteiger partial charge in [0.2, 0.25) is 0 Å². The fraction of sp³-hybridized carbons (Fsp3) is 0.214. The lowest BCUT2D eigenvalue weighted by molar-refractivity contribution is 1.00. The van der Waals surface area contributed by atoms with Crippen molar-refractivity contribution in [1.82, 2.24) is 4.98 Å². The van der Waals surface area contributed by atoms with Crippen LogP contribution in [0.1, 0.15) is 12.6 Å². The standard InChI is InChI=1S/C14H17N3/c1-4-9(2)17-14-6-5-13(15)12-8-16-10(3)7-11(12)14/h4-9,17H,1,15H2,2-3H3. The minimum atomic E-state index is 0.218. The zero-order chi connectivity index (χ0) is 12.4. The first-order valence-electron chi connectivity index (χ1n) is 5.65. The van der Waals surface area contributed by atoms with Gasteiger partial charge >= 0.3 is 0 Å². The highest BCUT2D eigenvalue weighted by molar-refractivity contribution is 6.00. The predicted octanol–water partition coefficient (Wildman–Crippen LogP) is 3.11. The number of nitrogens with one attached hydrogen (secondary N) is 1. The van der Waals surface area contributed by atoms with Gasteiger partial charge in [-0.1, -0.05) is 6.08 Å². The van der Waals surface area contributed by atoms with E-state index >= 15 is 0 Å². The number of fused-ring (bicyclic) bond motifs is 1. The van der Waals surface area contributed by atoms with Gasteiger partial charge in [0.15, 0.2) is 0 Å². The molecule has 0 saturated carbocycles. The topological polar surface area (TPSA) is 50.9 Å². The van der Waals surface area contributed by atoms with Crippen LogP contribution in [0.2, 0.25) is 0 Å². The van der Waals surface area contributed by atoms with Gasteiger partial charge in [-0.2, -0.15) is 0 Å². The number of rotatable bonds is 3. The second-order valence-electron chi connectivity index (χ2n) is 4.24. The van der Waals surface area contributed by atoms with Crippen molar-refractivity contribution >= 4 is 22.1 Å². The minimum Gasteiger partial charge on any atom is -0.398 e. The van der Waals surface area contributed by atoms with Gasteiger partial charge in [0.05, 0.1) is 0 Å². The highest BCUT2D eigenvalue weighted by atomic mass is 14.9. The number of anilines is 2. The van der Waals surface area contributed by atoms with E-state index in [1.807, 2.05) is 37.4 Å². The third kappa shape index (κ3) is 2.23. The van der Waals surface area contributed by atoms with E-state index in [9.17, 15) is 0 Å². The molecule has 1 heterocycles. The SMILES string of the molecule is C=CC(C)Nc1ccc(N)c2cnc(C)cc12. The van der Waals surface area contributed by atoms with Gasteiger partial charge < -0.3 is 11.1 Å². The van der Waals surface area contributed by atoms with Gasteiger partial charge in [-0.25, -0.2) is 0 Å². The van der Waals surface area contributed by atoms with Gasteiger partial charge in [0.25, 0.3) is 0 Å². The minimum absolute atomic E-state index is 0.218. The number of hydrogen-bond acceptors (Lipinski definition) is 3. The third-order valence-electron chi connectivity index (χ3n) is 2.81. The molecule has 3 N–H and O–H groups in total. The molecule has 3 heteroatoms. The van der Waals surface area contributed by atoms with Crippen molar-refractivity contribution < 1.29 is 0 Å². The molecule has 0 aliphatic heterocycles. The van der Waals surface area contributed by atoms with Crippen LogP contribution in [0.5, 0.6) is 0 Å². The van der Waals surface area contributed by atoms with Gasteiger partial charge in [-0.15, -0.1) is 6.58 Å². The molecule has 0 bridgehead atoms. The summed E-state index contributed by atoms with van der Waals surface area (Å²) in [5, 5.41) is 5.47. The molecule has 88 valence electrons. The van der Waals surface area contributed by atoms with Crippen molar-refractivity contribution in [2.24, 2.45) is 0 Å². The number of pyridine rings is 1. The summed E-state index contributed by atoms with van der Waals surface area (Å²) in [5.41, 5.74) is 8.75. The number of nitrogens with zero attached hydrogens (tertiary/aromatic N) is 1. The average molecular weight is 227 g/mol. The lowest BCUT2D eigenvalue weighted by Crippen LogP contribution is -2.11. The summed E-state index contributed by atoms with van der Waals surface area (Å²) in [6.45, 7) is 7.81. The smallest absolute Gasteiger partial charge is 0.0427 e. The van der Waals surface area contributed by atoms with Crippen molar-refractivity contribution in [3.63, 3.8) is 0 Å². The number of nitrogen functional groups attached to an aromatic ring is 1. The molecular weight excluding hydrogens is 210 g/mol. The second-order valence-corrected chi connectivity index (χ2v) is 4.24. The average Bonchev–Trinajstić information content (AvgIpc) is 2.32. The Labute approximate surface area is 101 Å². The Hall–Kier alpha value is -2.03. The predicted molar refractivity (Wildman–Crippen MR) is 74.2 cm³/mol. The molecule has 0 saturated heterocycles. The van der Waals surface area contributed by atoms with Crippen LogP contribution in [0.15, 0.2) is 37.1 Å². The number of hydrogen-bond donors (Lipinski definition) is 2. The van der Waals surface area contributed by atoms with Crippen molar-refractivity contribution in [1.29, 1.82) is 0 Å². The van der Waals surface area contributed by atoms with Crippen LogP contribution in [0.3, 0.4) is 0 Å². The first kappa shape index (κ1) is 11.5. The summed E-state index contributed by atoms with van der Waals surface area (Å²) in [5.74, 6) is 0. The van der Waals surface area contributed by atoms with Gasteiger partial charge in [-0.3, -0.25) is 4.98 Å². The Morgan fingerprint density at radius 1 is 1.41 bits per heavy atom. The molecule has 17 heavy (non-hydrogen) atoms. The molecule has 2 rings (SSSR count). The molecule has 0 amide bonds. The Morgan fingerprint density at radius 3 is 2.88 bits per heavy atom. The quantitative estimate of drug-likeness (QED) is 0.625. The van der Waals surface area contributed by atoms with E-state index in [2.05, 4.69) is 23.8 Å². The molecule has 0 aliphatic rings. The molecule has 1 atom stereocenters. The summed E-state index contributed by atoms with van der Waals surface area (Å²) in [7, 11) is 0. The van der Waals surface area contributed by atoms with E-state index in [0.29, 0.717) is 0 Å². The monoisotopic (exact) mass is 227 g/mol. The van der Waals surface area contributed by atoms with E-state index in [1.54, 1.807) is 0 Å². The van der Waals surface area contributed by atoms with Crippen LogP contribution in [-0.4, -0.2) is 11.0 Å². The van der Waals surface area contributed by atoms with E-state index in [0.717, 1.165) is 27.8 Å². The number of nitrogens with two attached hydrogens (primary N) is 1. The first-order valence-corrected chi connectivity index (χ1v) is 5.65. The van der Waals surface area contributed by atoms with Crippen LogP contribution in [-0.2, 0) is 0 Å². The molecule has 1 aromatic heterocycles. The van der Waals surface area contributed by atoms with Crippen LogP contribution in [0, 0.1) is 6.92 Å².